The number of aldehydes is 1. The molecule has 0 N–H and O–H groups in total. The van der Waals surface area contributed by atoms with Gasteiger partial charge in [0.2, 0.25) is 0 Å². The van der Waals surface area contributed by atoms with Gasteiger partial charge in [0.15, 0.2) is 0 Å². The summed E-state index contributed by atoms with van der Waals surface area (Å²) in [6, 6.07) is 3.39. The Bertz CT molecular complexity index is 608. The van der Waals surface area contributed by atoms with Gasteiger partial charge in [-0.3, -0.25) is 9.88 Å². The summed E-state index contributed by atoms with van der Waals surface area (Å²) in [5.41, 5.74) is 2.21. The highest BCUT2D eigenvalue weighted by molar-refractivity contribution is 5.74. The number of carbonyl (C=O) groups is 1. The normalized spacial score (nSPS) is 20.4. The van der Waals surface area contributed by atoms with Crippen molar-refractivity contribution in [3.05, 3.63) is 24.3 Å². The summed E-state index contributed by atoms with van der Waals surface area (Å²) >= 11 is 0. The number of rotatable bonds is 2. The molecule has 1 aliphatic rings. The van der Waals surface area contributed by atoms with Crippen molar-refractivity contribution >= 4 is 17.3 Å². The first-order chi connectivity index (χ1) is 11.1. The molecule has 23 heavy (non-hydrogen) atoms. The Labute approximate surface area is 139 Å². The molecule has 1 aliphatic heterocycles. The van der Waals surface area contributed by atoms with Crippen LogP contribution in [0.1, 0.15) is 46.4 Å². The van der Waals surface area contributed by atoms with Gasteiger partial charge in [0.05, 0.1) is 11.7 Å². The minimum Gasteiger partial charge on any atom is -0.327 e. The fourth-order valence-corrected chi connectivity index (χ4v) is 2.96. The molecule has 2 unspecified atom stereocenters. The van der Waals surface area contributed by atoms with E-state index >= 15 is 0 Å². The molecule has 0 aliphatic carbocycles. The molecule has 0 bridgehead atoms. The number of imidazole rings is 1. The van der Waals surface area contributed by atoms with E-state index in [-0.39, 0.29) is 0 Å². The van der Waals surface area contributed by atoms with Gasteiger partial charge >= 0.3 is 0 Å². The van der Waals surface area contributed by atoms with Crippen molar-refractivity contribution in [1.82, 2.24) is 19.4 Å². The van der Waals surface area contributed by atoms with E-state index in [9.17, 15) is 0 Å². The summed E-state index contributed by atoms with van der Waals surface area (Å²) in [4.78, 5) is 20.0. The maximum Gasteiger partial charge on any atom is 0.116 e. The SMILES string of the molecule is CC.CC=O.Cc1nc2cnccc2n1CC1CCC(C)N1C. The molecular weight excluding hydrogens is 288 g/mol. The molecule has 3 heterocycles. The summed E-state index contributed by atoms with van der Waals surface area (Å²) in [5, 5.41) is 0. The second-order valence-corrected chi connectivity index (χ2v) is 5.62. The molecule has 1 saturated heterocycles. The lowest BCUT2D eigenvalue weighted by atomic mass is 10.2. The fraction of sp³-hybridized carbons (Fsp3) is 0.611. The molecule has 0 spiro atoms. The molecule has 2 aromatic heterocycles. The van der Waals surface area contributed by atoms with E-state index in [0.29, 0.717) is 12.1 Å². The van der Waals surface area contributed by atoms with Crippen molar-refractivity contribution in [3.63, 3.8) is 0 Å². The number of fused-ring (bicyclic) bond motifs is 1. The zero-order chi connectivity index (χ0) is 17.4. The van der Waals surface area contributed by atoms with Crippen molar-refractivity contribution in [3.8, 4) is 0 Å². The van der Waals surface area contributed by atoms with Crippen LogP contribution in [-0.4, -0.2) is 44.9 Å². The van der Waals surface area contributed by atoms with Crippen LogP contribution in [0.4, 0.5) is 0 Å². The van der Waals surface area contributed by atoms with Gasteiger partial charge in [0, 0.05) is 24.8 Å². The summed E-state index contributed by atoms with van der Waals surface area (Å²) in [5.74, 6) is 1.09. The number of aromatic nitrogens is 3. The van der Waals surface area contributed by atoms with Gasteiger partial charge in [-0.1, -0.05) is 13.8 Å². The summed E-state index contributed by atoms with van der Waals surface area (Å²) in [7, 11) is 2.23. The molecule has 2 atom stereocenters. The van der Waals surface area contributed by atoms with Gasteiger partial charge in [-0.25, -0.2) is 4.98 Å². The molecule has 0 aromatic carbocycles. The Hall–Kier alpha value is -1.75. The van der Waals surface area contributed by atoms with Gasteiger partial charge < -0.3 is 9.36 Å². The van der Waals surface area contributed by atoms with E-state index in [1.807, 2.05) is 26.2 Å². The first-order valence-electron chi connectivity index (χ1n) is 8.47. The minimum absolute atomic E-state index is 0.629. The number of hydrogen-bond donors (Lipinski definition) is 0. The Morgan fingerprint density at radius 3 is 2.57 bits per heavy atom. The largest absolute Gasteiger partial charge is 0.327 e. The quantitative estimate of drug-likeness (QED) is 0.796. The van der Waals surface area contributed by atoms with Crippen LogP contribution in [0, 0.1) is 6.92 Å². The Morgan fingerprint density at radius 2 is 2.00 bits per heavy atom. The van der Waals surface area contributed by atoms with Gasteiger partial charge in [-0.2, -0.15) is 0 Å². The van der Waals surface area contributed by atoms with Crippen LogP contribution in [0.15, 0.2) is 18.5 Å². The average Bonchev–Trinajstić information content (AvgIpc) is 3.04. The molecule has 0 saturated carbocycles. The first-order valence-corrected chi connectivity index (χ1v) is 8.47. The molecule has 5 nitrogen and oxygen atoms in total. The molecule has 3 rings (SSSR count). The lowest BCUT2D eigenvalue weighted by molar-refractivity contribution is -0.106. The first kappa shape index (κ1) is 19.3. The van der Waals surface area contributed by atoms with Crippen LogP contribution in [0.5, 0.6) is 0 Å². The van der Waals surface area contributed by atoms with Crippen molar-refractivity contribution in [2.24, 2.45) is 0 Å². The predicted molar refractivity (Wildman–Crippen MR) is 95.6 cm³/mol. The predicted octanol–water partition coefficient (Wildman–Crippen LogP) is 3.45. The van der Waals surface area contributed by atoms with E-state index < -0.39 is 0 Å². The highest BCUT2D eigenvalue weighted by Gasteiger charge is 2.28. The number of pyridine rings is 1. The number of aryl methyl sites for hydroxylation is 1. The zero-order valence-electron chi connectivity index (χ0n) is 15.3. The van der Waals surface area contributed by atoms with Gasteiger partial charge in [0.1, 0.15) is 17.6 Å². The van der Waals surface area contributed by atoms with Crippen LogP contribution in [0.25, 0.3) is 11.0 Å². The third-order valence-corrected chi connectivity index (χ3v) is 4.32. The maximum atomic E-state index is 8.81. The molecule has 5 heteroatoms. The van der Waals surface area contributed by atoms with Gasteiger partial charge in [0.25, 0.3) is 0 Å². The summed E-state index contributed by atoms with van der Waals surface area (Å²) in [6.45, 7) is 10.9. The van der Waals surface area contributed by atoms with Crippen molar-refractivity contribution in [1.29, 1.82) is 0 Å². The summed E-state index contributed by atoms with van der Waals surface area (Å²) in [6.07, 6.45) is 7.02. The molecular formula is C18H30N4O. The van der Waals surface area contributed by atoms with Crippen LogP contribution in [0.3, 0.4) is 0 Å². The van der Waals surface area contributed by atoms with Crippen LogP contribution >= 0.6 is 0 Å². The highest BCUT2D eigenvalue weighted by atomic mass is 16.1. The lowest BCUT2D eigenvalue weighted by Crippen LogP contribution is -2.33. The number of hydrogen-bond acceptors (Lipinski definition) is 4. The minimum atomic E-state index is 0.629. The maximum absolute atomic E-state index is 8.81. The zero-order valence-corrected chi connectivity index (χ0v) is 15.3. The molecule has 0 amide bonds. The van der Waals surface area contributed by atoms with E-state index in [1.54, 1.807) is 0 Å². The fourth-order valence-electron chi connectivity index (χ4n) is 2.96. The van der Waals surface area contributed by atoms with E-state index in [0.717, 1.165) is 24.2 Å². The molecule has 0 radical (unpaired) electrons. The van der Waals surface area contributed by atoms with E-state index in [2.05, 4.69) is 46.4 Å². The van der Waals surface area contributed by atoms with E-state index in [1.165, 1.54) is 25.3 Å². The summed E-state index contributed by atoms with van der Waals surface area (Å²) < 4.78 is 2.33. The molecule has 2 aromatic rings. The van der Waals surface area contributed by atoms with Crippen LogP contribution in [0.2, 0.25) is 0 Å². The number of likely N-dealkylation sites (tertiary alicyclic amines) is 1. The lowest BCUT2D eigenvalue weighted by Gasteiger charge is -2.24. The molecule has 1 fully saturated rings. The number of likely N-dealkylation sites (N-methyl/N-ethyl adjacent to an activating group) is 1. The van der Waals surface area contributed by atoms with Crippen molar-refractivity contribution in [2.75, 3.05) is 7.05 Å². The van der Waals surface area contributed by atoms with Crippen molar-refractivity contribution < 1.29 is 4.79 Å². The van der Waals surface area contributed by atoms with Gasteiger partial charge in [-0.15, -0.1) is 0 Å². The Morgan fingerprint density at radius 1 is 1.35 bits per heavy atom. The van der Waals surface area contributed by atoms with Crippen LogP contribution in [-0.2, 0) is 11.3 Å². The van der Waals surface area contributed by atoms with Crippen LogP contribution < -0.4 is 0 Å². The highest BCUT2D eigenvalue weighted by Crippen LogP contribution is 2.25. The van der Waals surface area contributed by atoms with Gasteiger partial charge in [-0.05, 0) is 46.7 Å². The third kappa shape index (κ3) is 4.61. The topological polar surface area (TPSA) is 51.0 Å². The van der Waals surface area contributed by atoms with Crippen molar-refractivity contribution in [2.45, 2.75) is 66.1 Å². The Balaban J connectivity index is 0.000000477. The standard InChI is InChI=1S/C14H20N4.C2H4O.C2H6/c1-10-4-5-12(17(10)3)9-18-11(2)16-13-8-15-7-6-14(13)18;1-2-3;1-2/h6-8,10,12H,4-5,9H2,1-3H3;2H,1H3;1-2H3. The second kappa shape index (κ2) is 9.40. The smallest absolute Gasteiger partial charge is 0.116 e. The number of nitrogens with zero attached hydrogens (tertiary/aromatic N) is 4. The van der Waals surface area contributed by atoms with E-state index in [4.69, 9.17) is 4.79 Å². The average molecular weight is 318 g/mol. The second-order valence-electron chi connectivity index (χ2n) is 5.62. The Kier molecular flexibility index (Phi) is 7.89. The third-order valence-electron chi connectivity index (χ3n) is 4.32. The molecule has 128 valence electrons. The number of carbonyl (C=O) groups excluding carboxylic acids is 1. The monoisotopic (exact) mass is 318 g/mol.